The number of nitrogen functional groups attached to an aromatic ring is 1. The van der Waals surface area contributed by atoms with Gasteiger partial charge in [0.1, 0.15) is 17.1 Å². The summed E-state index contributed by atoms with van der Waals surface area (Å²) >= 11 is 2.41. The number of aliphatic carboxylic acids is 2. The van der Waals surface area contributed by atoms with Crippen LogP contribution in [0.2, 0.25) is 0 Å². The zero-order chi connectivity index (χ0) is 19.7. The van der Waals surface area contributed by atoms with Crippen LogP contribution in [0.1, 0.15) is 12.1 Å². The van der Waals surface area contributed by atoms with E-state index in [1.54, 1.807) is 0 Å². The fourth-order valence-electron chi connectivity index (χ4n) is 2.67. The quantitative estimate of drug-likeness (QED) is 0.372. The number of nitrogens with zero attached hydrogens (tertiary/aromatic N) is 2. The van der Waals surface area contributed by atoms with Gasteiger partial charge in [-0.3, -0.25) is 19.3 Å². The highest BCUT2D eigenvalue weighted by atomic mass is 32.2. The fraction of sp³-hybridized carbons (Fsp3) is 0.267. The van der Waals surface area contributed by atoms with Crippen molar-refractivity contribution < 1.29 is 29.4 Å². The molecule has 0 aliphatic carbocycles. The molecular weight excluding hydrogens is 396 g/mol. The van der Waals surface area contributed by atoms with E-state index in [-0.39, 0.29) is 22.1 Å². The van der Waals surface area contributed by atoms with Crippen LogP contribution in [0.25, 0.3) is 5.57 Å². The summed E-state index contributed by atoms with van der Waals surface area (Å²) < 4.78 is 0. The van der Waals surface area contributed by atoms with Gasteiger partial charge in [0.15, 0.2) is 5.13 Å². The Labute approximate surface area is 160 Å². The van der Waals surface area contributed by atoms with Crippen LogP contribution in [0.5, 0.6) is 0 Å². The number of fused-ring (bicyclic) bond motifs is 1. The minimum atomic E-state index is -1.21. The zero-order valence-electron chi connectivity index (χ0n) is 13.6. The molecule has 5 N–H and O–H groups in total. The summed E-state index contributed by atoms with van der Waals surface area (Å²) in [7, 11) is 0. The number of hydrogen-bond acceptors (Lipinski definition) is 8. The average molecular weight is 410 g/mol. The molecule has 0 bridgehead atoms. The number of carbonyl (C=O) groups is 4. The van der Waals surface area contributed by atoms with Crippen LogP contribution in [-0.4, -0.2) is 61.0 Å². The van der Waals surface area contributed by atoms with E-state index >= 15 is 0 Å². The van der Waals surface area contributed by atoms with Gasteiger partial charge in [-0.05, 0) is 6.08 Å². The van der Waals surface area contributed by atoms with Crippen LogP contribution >= 0.6 is 23.1 Å². The number of carbonyl (C=O) groups excluding carboxylic acids is 2. The maximum absolute atomic E-state index is 12.6. The second-order valence-electron chi connectivity index (χ2n) is 5.56. The predicted octanol–water partition coefficient (Wildman–Crippen LogP) is -0.0482. The molecule has 1 saturated heterocycles. The molecule has 3 heterocycles. The minimum absolute atomic E-state index is 0.00795. The minimum Gasteiger partial charge on any atom is -0.481 e. The molecule has 10 nitrogen and oxygen atoms in total. The number of nitrogens with two attached hydrogens (primary N) is 1. The monoisotopic (exact) mass is 410 g/mol. The van der Waals surface area contributed by atoms with E-state index in [2.05, 4.69) is 10.3 Å². The Kier molecular flexibility index (Phi) is 5.19. The number of carboxylic acids is 2. The molecular formula is C15H14N4O6S2. The van der Waals surface area contributed by atoms with Gasteiger partial charge in [-0.1, -0.05) is 6.08 Å². The second kappa shape index (κ2) is 7.40. The SMILES string of the molecule is Nc1nc(/C(=C\CC(=O)O)C(=O)N[C@H]2C(=O)N3C(C(=O)O)=CCS[C@@H]23)cs1. The molecule has 27 heavy (non-hydrogen) atoms. The van der Waals surface area contributed by atoms with E-state index < -0.39 is 41.6 Å². The first kappa shape index (κ1) is 18.9. The first-order valence-corrected chi connectivity index (χ1v) is 9.54. The van der Waals surface area contributed by atoms with Gasteiger partial charge in [0, 0.05) is 11.1 Å². The zero-order valence-corrected chi connectivity index (χ0v) is 15.2. The number of thiazole rings is 1. The van der Waals surface area contributed by atoms with Crippen molar-refractivity contribution in [3.05, 3.63) is 28.9 Å². The molecule has 0 spiro atoms. The van der Waals surface area contributed by atoms with Gasteiger partial charge in [0.25, 0.3) is 11.8 Å². The number of carboxylic acid groups (broad SMARTS) is 2. The third-order valence-corrected chi connectivity index (χ3v) is 5.73. The van der Waals surface area contributed by atoms with E-state index in [0.29, 0.717) is 5.75 Å². The Bertz CT molecular complexity index is 893. The van der Waals surface area contributed by atoms with Crippen LogP contribution in [-0.2, 0) is 19.2 Å². The van der Waals surface area contributed by atoms with Crippen molar-refractivity contribution >= 4 is 57.6 Å². The number of β-lactam (4-membered cyclic amide) rings is 1. The number of hydrogen-bond donors (Lipinski definition) is 4. The number of rotatable bonds is 6. The van der Waals surface area contributed by atoms with E-state index in [1.807, 2.05) is 0 Å². The van der Waals surface area contributed by atoms with Crippen molar-refractivity contribution in [2.45, 2.75) is 17.8 Å². The number of anilines is 1. The van der Waals surface area contributed by atoms with Crippen LogP contribution in [0.3, 0.4) is 0 Å². The second-order valence-corrected chi connectivity index (χ2v) is 7.60. The third-order valence-electron chi connectivity index (χ3n) is 3.88. The Balaban J connectivity index is 1.78. The van der Waals surface area contributed by atoms with Crippen molar-refractivity contribution in [3.8, 4) is 0 Å². The topological polar surface area (TPSA) is 163 Å². The summed E-state index contributed by atoms with van der Waals surface area (Å²) in [5.74, 6) is -3.16. The van der Waals surface area contributed by atoms with Gasteiger partial charge in [-0.25, -0.2) is 9.78 Å². The van der Waals surface area contributed by atoms with Crippen LogP contribution in [0.15, 0.2) is 23.2 Å². The van der Waals surface area contributed by atoms with Crippen molar-refractivity contribution in [2.24, 2.45) is 0 Å². The molecule has 2 aliphatic heterocycles. The lowest BCUT2D eigenvalue weighted by Crippen LogP contribution is -2.70. The number of nitrogens with one attached hydrogen (secondary N) is 1. The Morgan fingerprint density at radius 2 is 2.15 bits per heavy atom. The van der Waals surface area contributed by atoms with Crippen LogP contribution in [0, 0.1) is 0 Å². The van der Waals surface area contributed by atoms with Crippen molar-refractivity contribution in [2.75, 3.05) is 11.5 Å². The van der Waals surface area contributed by atoms with Crippen LogP contribution in [0.4, 0.5) is 5.13 Å². The standard InChI is InChI=1S/C15H14N4O6S2/c16-15-17-7(5-27-15)6(1-2-9(20)21)11(22)18-10-12(23)19-8(14(24)25)3-4-26-13(10)19/h1,3,5,10,13H,2,4H2,(H2,16,17)(H,18,22)(H,20,21)(H,24,25)/b6-1+/t10-,13-/m0/s1. The Morgan fingerprint density at radius 1 is 1.41 bits per heavy atom. The summed E-state index contributed by atoms with van der Waals surface area (Å²) in [5.41, 5.74) is 5.66. The van der Waals surface area contributed by atoms with Crippen molar-refractivity contribution in [1.82, 2.24) is 15.2 Å². The first-order valence-electron chi connectivity index (χ1n) is 7.62. The molecule has 12 heteroatoms. The fourth-order valence-corrected chi connectivity index (χ4v) is 4.43. The summed E-state index contributed by atoms with van der Waals surface area (Å²) in [6.45, 7) is 0. The van der Waals surface area contributed by atoms with Crippen molar-refractivity contribution in [1.29, 1.82) is 0 Å². The highest BCUT2D eigenvalue weighted by molar-refractivity contribution is 8.00. The van der Waals surface area contributed by atoms with E-state index in [1.165, 1.54) is 29.3 Å². The van der Waals surface area contributed by atoms with Gasteiger partial charge in [0.05, 0.1) is 17.7 Å². The maximum atomic E-state index is 12.6. The molecule has 0 radical (unpaired) electrons. The molecule has 1 fully saturated rings. The van der Waals surface area contributed by atoms with Crippen LogP contribution < -0.4 is 11.1 Å². The molecule has 2 atom stereocenters. The summed E-state index contributed by atoms with van der Waals surface area (Å²) in [6, 6.07) is -0.908. The smallest absolute Gasteiger partial charge is 0.352 e. The molecule has 1 aromatic rings. The van der Waals surface area contributed by atoms with E-state index in [4.69, 9.17) is 15.9 Å². The van der Waals surface area contributed by atoms with Gasteiger partial charge < -0.3 is 21.3 Å². The van der Waals surface area contributed by atoms with Gasteiger partial charge in [0.2, 0.25) is 0 Å². The Hall–Kier alpha value is -2.86. The molecule has 2 amide bonds. The number of amides is 2. The lowest BCUT2D eigenvalue weighted by atomic mass is 10.0. The lowest BCUT2D eigenvalue weighted by Gasteiger charge is -2.48. The molecule has 142 valence electrons. The lowest BCUT2D eigenvalue weighted by molar-refractivity contribution is -0.150. The number of thioether (sulfide) groups is 1. The third kappa shape index (κ3) is 3.66. The molecule has 2 aliphatic rings. The molecule has 0 aromatic carbocycles. The Morgan fingerprint density at radius 3 is 2.74 bits per heavy atom. The maximum Gasteiger partial charge on any atom is 0.352 e. The summed E-state index contributed by atoms with van der Waals surface area (Å²) in [6.07, 6.45) is 2.23. The van der Waals surface area contributed by atoms with Gasteiger partial charge in [-0.2, -0.15) is 0 Å². The molecule has 0 saturated carbocycles. The predicted molar refractivity (Wildman–Crippen MR) is 97.5 cm³/mol. The summed E-state index contributed by atoms with van der Waals surface area (Å²) in [5, 5.41) is 21.8. The molecule has 1 aromatic heterocycles. The first-order chi connectivity index (χ1) is 12.8. The largest absolute Gasteiger partial charge is 0.481 e. The van der Waals surface area contributed by atoms with E-state index in [9.17, 15) is 19.2 Å². The van der Waals surface area contributed by atoms with Gasteiger partial charge >= 0.3 is 11.9 Å². The number of aromatic nitrogens is 1. The van der Waals surface area contributed by atoms with Crippen molar-refractivity contribution in [3.63, 3.8) is 0 Å². The summed E-state index contributed by atoms with van der Waals surface area (Å²) in [4.78, 5) is 52.1. The average Bonchev–Trinajstić information content (AvgIpc) is 3.04. The van der Waals surface area contributed by atoms with Gasteiger partial charge in [-0.15, -0.1) is 23.1 Å². The van der Waals surface area contributed by atoms with E-state index in [0.717, 1.165) is 16.2 Å². The highest BCUT2D eigenvalue weighted by Crippen LogP contribution is 2.37. The molecule has 0 unspecified atom stereocenters. The molecule has 3 rings (SSSR count). The normalized spacial score (nSPS) is 21.8. The highest BCUT2D eigenvalue weighted by Gasteiger charge is 2.52.